The van der Waals surface area contributed by atoms with E-state index in [0.29, 0.717) is 53.8 Å². The summed E-state index contributed by atoms with van der Waals surface area (Å²) in [5.41, 5.74) is 1.12. The highest BCUT2D eigenvalue weighted by molar-refractivity contribution is 6.00. The average molecular weight is 562 g/mol. The molecule has 9 nitrogen and oxygen atoms in total. The van der Waals surface area contributed by atoms with Crippen LogP contribution in [-0.4, -0.2) is 68.7 Å². The number of aliphatic hydroxyl groups is 1. The number of hydrogen-bond acceptors (Lipinski definition) is 7. The summed E-state index contributed by atoms with van der Waals surface area (Å²) >= 11 is 0. The first-order valence-electron chi connectivity index (χ1n) is 12.9. The maximum Gasteiger partial charge on any atom is 0.401 e. The number of nitrogens with zero attached hydrogens (tertiary/aromatic N) is 4. The van der Waals surface area contributed by atoms with Crippen molar-refractivity contribution in [3.63, 3.8) is 0 Å². The number of carbonyl (C=O) groups excluding carboxylic acids is 1. The van der Waals surface area contributed by atoms with Crippen molar-refractivity contribution >= 4 is 17.1 Å². The minimum atomic E-state index is -4.28. The van der Waals surface area contributed by atoms with E-state index in [9.17, 15) is 27.5 Å². The second-order valence-electron chi connectivity index (χ2n) is 10.5. The third kappa shape index (κ3) is 7.25. The van der Waals surface area contributed by atoms with Crippen LogP contribution in [0.5, 0.6) is 0 Å². The molecule has 0 aliphatic heterocycles. The van der Waals surface area contributed by atoms with Gasteiger partial charge in [0.2, 0.25) is 0 Å². The van der Waals surface area contributed by atoms with Gasteiger partial charge in [-0.1, -0.05) is 0 Å². The number of halogens is 4. The highest BCUT2D eigenvalue weighted by atomic mass is 19.4. The molecule has 4 N–H and O–H groups in total. The zero-order valence-corrected chi connectivity index (χ0v) is 22.1. The highest BCUT2D eigenvalue weighted by Crippen LogP contribution is 2.29. The van der Waals surface area contributed by atoms with Crippen LogP contribution in [0.4, 0.5) is 23.2 Å². The van der Waals surface area contributed by atoms with E-state index in [2.05, 4.69) is 26.0 Å². The minimum absolute atomic E-state index is 0.114. The van der Waals surface area contributed by atoms with Crippen molar-refractivity contribution < 1.29 is 27.5 Å². The molecule has 3 aromatic heterocycles. The van der Waals surface area contributed by atoms with Gasteiger partial charge in [-0.05, 0) is 63.8 Å². The number of amides is 1. The summed E-state index contributed by atoms with van der Waals surface area (Å²) in [6.07, 6.45) is -0.979. The Labute approximate surface area is 228 Å². The Hall–Kier alpha value is -3.76. The number of aromatic nitrogens is 3. The third-order valence-corrected chi connectivity index (χ3v) is 6.93. The number of nitrogens with one attached hydrogen (secondary N) is 3. The predicted octanol–water partition coefficient (Wildman–Crippen LogP) is 3.98. The molecule has 0 radical (unpaired) electrons. The lowest BCUT2D eigenvalue weighted by atomic mass is 9.90. The Morgan fingerprint density at radius 2 is 1.88 bits per heavy atom. The van der Waals surface area contributed by atoms with Gasteiger partial charge in [-0.25, -0.2) is 8.91 Å². The smallest absolute Gasteiger partial charge is 0.387 e. The minimum Gasteiger partial charge on any atom is -0.387 e. The van der Waals surface area contributed by atoms with Crippen LogP contribution < -0.4 is 16.0 Å². The number of rotatable bonds is 9. The van der Waals surface area contributed by atoms with Gasteiger partial charge >= 0.3 is 6.18 Å². The lowest BCUT2D eigenvalue weighted by Crippen LogP contribution is -2.42. The van der Waals surface area contributed by atoms with Crippen molar-refractivity contribution in [1.82, 2.24) is 25.2 Å². The van der Waals surface area contributed by atoms with E-state index >= 15 is 0 Å². The van der Waals surface area contributed by atoms with Gasteiger partial charge in [0.05, 0.1) is 58.6 Å². The first-order chi connectivity index (χ1) is 18.8. The fourth-order valence-electron chi connectivity index (χ4n) is 4.60. The summed E-state index contributed by atoms with van der Waals surface area (Å²) in [5.74, 6) is -0.592. The van der Waals surface area contributed by atoms with Gasteiger partial charge in [0.15, 0.2) is 0 Å². The van der Waals surface area contributed by atoms with Gasteiger partial charge in [0.1, 0.15) is 12.2 Å². The van der Waals surface area contributed by atoms with Gasteiger partial charge in [-0.2, -0.15) is 23.5 Å². The monoisotopic (exact) mass is 561 g/mol. The van der Waals surface area contributed by atoms with Crippen LogP contribution in [0.1, 0.15) is 55.5 Å². The molecule has 13 heteroatoms. The van der Waals surface area contributed by atoms with E-state index < -0.39 is 36.9 Å². The second kappa shape index (κ2) is 11.8. The van der Waals surface area contributed by atoms with Crippen LogP contribution in [0.15, 0.2) is 36.7 Å². The summed E-state index contributed by atoms with van der Waals surface area (Å²) in [4.78, 5) is 17.5. The van der Waals surface area contributed by atoms with E-state index in [0.717, 1.165) is 0 Å². The first kappa shape index (κ1) is 29.2. The Morgan fingerprint density at radius 1 is 1.18 bits per heavy atom. The standard InChI is InChI=1S/C27H31F4N7O2/c1-26(2,40)24(28)14-34-25(39)20-13-33-22(23-8-7-19-9-16(11-32)12-36-38(19)23)10-21(20)37-18-5-3-17(4-6-18)35-15-27(29,30)31/h7-10,12-13,17-18,24,35,40H,3-6,14-15H2,1-2H3,(H,33,37)(H,34,39)/t17?,18?,24-/m1/s1. The summed E-state index contributed by atoms with van der Waals surface area (Å²) in [6.45, 7) is 1.17. The molecule has 1 saturated carbocycles. The molecule has 40 heavy (non-hydrogen) atoms. The van der Waals surface area contributed by atoms with Gasteiger partial charge < -0.3 is 21.1 Å². The van der Waals surface area contributed by atoms with Crippen LogP contribution >= 0.6 is 0 Å². The van der Waals surface area contributed by atoms with Crippen LogP contribution in [0.3, 0.4) is 0 Å². The number of pyridine rings is 1. The van der Waals surface area contributed by atoms with Crippen molar-refractivity contribution in [2.24, 2.45) is 0 Å². The molecule has 3 heterocycles. The Balaban J connectivity index is 1.57. The molecule has 0 saturated heterocycles. The largest absolute Gasteiger partial charge is 0.401 e. The van der Waals surface area contributed by atoms with Crippen molar-refractivity contribution in [2.45, 2.75) is 69.6 Å². The number of anilines is 1. The summed E-state index contributed by atoms with van der Waals surface area (Å²) in [6, 6.07) is 8.59. The maximum atomic E-state index is 14.3. The van der Waals surface area contributed by atoms with Gasteiger partial charge in [0, 0.05) is 18.3 Å². The third-order valence-electron chi connectivity index (χ3n) is 6.93. The number of carbonyl (C=O) groups is 1. The molecule has 4 rings (SSSR count). The number of alkyl halides is 4. The molecule has 3 aromatic rings. The van der Waals surface area contributed by atoms with Gasteiger partial charge in [-0.3, -0.25) is 9.78 Å². The topological polar surface area (TPSA) is 127 Å². The molecule has 1 aliphatic carbocycles. The highest BCUT2D eigenvalue weighted by Gasteiger charge is 2.30. The fourth-order valence-corrected chi connectivity index (χ4v) is 4.60. The fraction of sp³-hybridized carbons (Fsp3) is 0.481. The molecule has 0 aromatic carbocycles. The summed E-state index contributed by atoms with van der Waals surface area (Å²) in [7, 11) is 0. The molecule has 0 bridgehead atoms. The molecule has 1 aliphatic rings. The van der Waals surface area contributed by atoms with E-state index in [1.165, 1.54) is 26.2 Å². The van der Waals surface area contributed by atoms with E-state index in [1.807, 2.05) is 6.07 Å². The molecule has 0 spiro atoms. The van der Waals surface area contributed by atoms with E-state index in [4.69, 9.17) is 5.26 Å². The van der Waals surface area contributed by atoms with Gasteiger partial charge in [0.25, 0.3) is 5.91 Å². The quantitative estimate of drug-likeness (QED) is 0.291. The summed E-state index contributed by atoms with van der Waals surface area (Å²) < 4.78 is 53.7. The Bertz CT molecular complexity index is 1390. The SMILES string of the molecule is CC(C)(O)[C@H](F)CNC(=O)c1cnc(-c2ccc3cc(C#N)cnn23)cc1NC1CCC(NCC(F)(F)F)CC1. The van der Waals surface area contributed by atoms with Crippen LogP contribution in [0.25, 0.3) is 16.9 Å². The number of hydrogen-bond donors (Lipinski definition) is 4. The predicted molar refractivity (Wildman–Crippen MR) is 140 cm³/mol. The molecular formula is C27H31F4N7O2. The lowest BCUT2D eigenvalue weighted by Gasteiger charge is -2.31. The van der Waals surface area contributed by atoms with Crippen molar-refractivity contribution in [2.75, 3.05) is 18.4 Å². The average Bonchev–Trinajstić information content (AvgIpc) is 3.33. The van der Waals surface area contributed by atoms with Crippen LogP contribution in [0.2, 0.25) is 0 Å². The molecular weight excluding hydrogens is 530 g/mol. The van der Waals surface area contributed by atoms with Crippen molar-refractivity contribution in [1.29, 1.82) is 5.26 Å². The molecule has 1 fully saturated rings. The first-order valence-corrected chi connectivity index (χ1v) is 12.9. The van der Waals surface area contributed by atoms with Gasteiger partial charge in [-0.15, -0.1) is 0 Å². The number of fused-ring (bicyclic) bond motifs is 1. The van der Waals surface area contributed by atoms with Crippen molar-refractivity contribution in [3.8, 4) is 17.5 Å². The van der Waals surface area contributed by atoms with Crippen LogP contribution in [0, 0.1) is 11.3 Å². The molecule has 1 atom stereocenters. The summed E-state index contributed by atoms with van der Waals surface area (Å²) in [5, 5.41) is 31.7. The van der Waals surface area contributed by atoms with E-state index in [1.54, 1.807) is 28.8 Å². The zero-order valence-electron chi connectivity index (χ0n) is 22.1. The second-order valence-corrected chi connectivity index (χ2v) is 10.5. The van der Waals surface area contributed by atoms with E-state index in [-0.39, 0.29) is 17.6 Å². The Morgan fingerprint density at radius 3 is 2.52 bits per heavy atom. The number of nitriles is 1. The normalized spacial score (nSPS) is 18.8. The molecule has 214 valence electrons. The lowest BCUT2D eigenvalue weighted by molar-refractivity contribution is -0.126. The molecule has 0 unspecified atom stereocenters. The van der Waals surface area contributed by atoms with Crippen molar-refractivity contribution in [3.05, 3.63) is 47.8 Å². The zero-order chi connectivity index (χ0) is 29.1. The van der Waals surface area contributed by atoms with Crippen LogP contribution in [-0.2, 0) is 0 Å². The maximum absolute atomic E-state index is 14.3. The molecule has 1 amide bonds. The Kier molecular flexibility index (Phi) is 8.60.